The minimum absolute atomic E-state index is 0.0562. The second kappa shape index (κ2) is 13.3. The topological polar surface area (TPSA) is 103 Å². The first-order chi connectivity index (χ1) is 18.3. The Morgan fingerprint density at radius 3 is 2.29 bits per heavy atom. The molecule has 0 atom stereocenters. The molecule has 0 aliphatic rings. The van der Waals surface area contributed by atoms with Crippen LogP contribution in [0.2, 0.25) is 0 Å². The quantitative estimate of drug-likeness (QED) is 0.172. The van der Waals surface area contributed by atoms with Crippen LogP contribution in [-0.4, -0.2) is 30.9 Å². The summed E-state index contributed by atoms with van der Waals surface area (Å²) in [5, 5.41) is 9.65. The van der Waals surface area contributed by atoms with E-state index < -0.39 is 17.7 Å². The van der Waals surface area contributed by atoms with Gasteiger partial charge in [-0.3, -0.25) is 4.79 Å². The van der Waals surface area contributed by atoms with E-state index in [-0.39, 0.29) is 48.1 Å². The predicted molar refractivity (Wildman–Crippen MR) is 140 cm³/mol. The van der Waals surface area contributed by atoms with E-state index in [4.69, 9.17) is 14.2 Å². The number of allylic oxidation sites excluding steroid dienone is 1. The van der Waals surface area contributed by atoms with Crippen LogP contribution in [0.3, 0.4) is 0 Å². The van der Waals surface area contributed by atoms with Gasteiger partial charge in [0.25, 0.3) is 0 Å². The van der Waals surface area contributed by atoms with E-state index in [2.05, 4.69) is 0 Å². The third-order valence-electron chi connectivity index (χ3n) is 5.45. The van der Waals surface area contributed by atoms with Crippen molar-refractivity contribution in [3.63, 3.8) is 0 Å². The summed E-state index contributed by atoms with van der Waals surface area (Å²) in [5.74, 6) is -1.62. The third-order valence-corrected chi connectivity index (χ3v) is 6.72. The number of benzene rings is 2. The normalized spacial score (nSPS) is 11.0. The highest BCUT2D eigenvalue weighted by Gasteiger charge is 2.28. The Bertz CT molecular complexity index is 1400. The van der Waals surface area contributed by atoms with Crippen molar-refractivity contribution >= 4 is 35.1 Å². The van der Waals surface area contributed by atoms with Crippen LogP contribution in [0.15, 0.2) is 54.1 Å². The number of nitriles is 1. The molecule has 3 rings (SSSR count). The predicted octanol–water partition coefficient (Wildman–Crippen LogP) is 5.85. The number of thiophene rings is 1. The lowest BCUT2D eigenvalue weighted by Gasteiger charge is -2.07. The zero-order valence-electron chi connectivity index (χ0n) is 21.2. The fourth-order valence-electron chi connectivity index (χ4n) is 3.58. The van der Waals surface area contributed by atoms with Gasteiger partial charge in [-0.2, -0.15) is 5.26 Å². The molecule has 0 aliphatic heterocycles. The SMILES string of the molecule is CCOC(=O)c1sc(CC(=O)C(C#N)=Cc2ccc(OCc3ccccc3F)cc2)c(C(=O)OCC)c1C. The number of halogens is 1. The smallest absolute Gasteiger partial charge is 0.348 e. The molecule has 9 heteroatoms. The van der Waals surface area contributed by atoms with Crippen LogP contribution >= 0.6 is 11.3 Å². The van der Waals surface area contributed by atoms with Gasteiger partial charge in [-0.05, 0) is 56.2 Å². The highest BCUT2D eigenvalue weighted by atomic mass is 32.1. The number of rotatable bonds is 11. The lowest BCUT2D eigenvalue weighted by Crippen LogP contribution is -2.12. The van der Waals surface area contributed by atoms with Crippen molar-refractivity contribution in [1.82, 2.24) is 0 Å². The number of nitrogens with zero attached hydrogens (tertiary/aromatic N) is 1. The second-order valence-corrected chi connectivity index (χ2v) is 9.12. The van der Waals surface area contributed by atoms with Crippen LogP contribution in [0.25, 0.3) is 6.08 Å². The first-order valence-corrected chi connectivity index (χ1v) is 12.7. The zero-order chi connectivity index (χ0) is 27.7. The van der Waals surface area contributed by atoms with Gasteiger partial charge in [0.1, 0.15) is 29.1 Å². The van der Waals surface area contributed by atoms with Crippen LogP contribution in [-0.2, 0) is 27.3 Å². The van der Waals surface area contributed by atoms with E-state index in [1.807, 2.05) is 6.07 Å². The Balaban J connectivity index is 1.79. The fourth-order valence-corrected chi connectivity index (χ4v) is 4.76. The number of hydrogen-bond acceptors (Lipinski definition) is 8. The van der Waals surface area contributed by atoms with Crippen molar-refractivity contribution in [3.8, 4) is 11.8 Å². The van der Waals surface area contributed by atoms with Crippen LogP contribution in [0.1, 0.15) is 55.4 Å². The summed E-state index contributed by atoms with van der Waals surface area (Å²) in [6.07, 6.45) is 1.17. The van der Waals surface area contributed by atoms with Gasteiger partial charge in [-0.15, -0.1) is 11.3 Å². The summed E-state index contributed by atoms with van der Waals surface area (Å²) < 4.78 is 29.6. The summed E-state index contributed by atoms with van der Waals surface area (Å²) >= 11 is 0.981. The monoisotopic (exact) mass is 535 g/mol. The molecule has 3 aromatic rings. The molecular weight excluding hydrogens is 509 g/mol. The number of ketones is 1. The van der Waals surface area contributed by atoms with E-state index in [0.29, 0.717) is 27.3 Å². The van der Waals surface area contributed by atoms with E-state index in [1.165, 1.54) is 12.1 Å². The molecule has 0 radical (unpaired) electrons. The van der Waals surface area contributed by atoms with Gasteiger partial charge in [0.2, 0.25) is 0 Å². The number of ether oxygens (including phenoxy) is 3. The third kappa shape index (κ3) is 6.93. The Hall–Kier alpha value is -4.29. The van der Waals surface area contributed by atoms with Gasteiger partial charge >= 0.3 is 11.9 Å². The minimum atomic E-state index is -0.645. The molecule has 2 aromatic carbocycles. The maximum Gasteiger partial charge on any atom is 0.348 e. The number of Topliss-reactive ketones (excluding diaryl/α,β-unsaturated/α-hetero) is 1. The van der Waals surface area contributed by atoms with Crippen LogP contribution in [0.5, 0.6) is 5.75 Å². The lowest BCUT2D eigenvalue weighted by molar-refractivity contribution is -0.114. The molecule has 0 spiro atoms. The maximum atomic E-state index is 13.8. The van der Waals surface area contributed by atoms with Crippen molar-refractivity contribution in [2.45, 2.75) is 33.8 Å². The summed E-state index contributed by atoms with van der Waals surface area (Å²) in [6, 6.07) is 14.9. The molecule has 0 unspecified atom stereocenters. The van der Waals surface area contributed by atoms with Gasteiger partial charge in [-0.25, -0.2) is 14.0 Å². The van der Waals surface area contributed by atoms with E-state index >= 15 is 0 Å². The van der Waals surface area contributed by atoms with Gasteiger partial charge in [0, 0.05) is 16.9 Å². The Morgan fingerprint density at radius 1 is 1.00 bits per heavy atom. The van der Waals surface area contributed by atoms with Crippen molar-refractivity contribution < 1.29 is 33.0 Å². The first-order valence-electron chi connectivity index (χ1n) is 11.9. The fraction of sp³-hybridized carbons (Fsp3) is 0.241. The Morgan fingerprint density at radius 2 is 1.66 bits per heavy atom. The highest BCUT2D eigenvalue weighted by molar-refractivity contribution is 7.14. The standard InChI is InChI=1S/C29H26FNO6S/c1-4-35-28(33)26-18(3)27(29(34)36-5-2)38-25(26)15-24(32)21(16-31)14-19-10-12-22(13-11-19)37-17-20-8-6-7-9-23(20)30/h6-14H,4-5,15,17H2,1-3H3. The molecule has 0 saturated carbocycles. The molecule has 0 saturated heterocycles. The average Bonchev–Trinajstić information content (AvgIpc) is 3.23. The highest BCUT2D eigenvalue weighted by Crippen LogP contribution is 2.31. The molecule has 0 fully saturated rings. The van der Waals surface area contributed by atoms with E-state index in [1.54, 1.807) is 63.2 Å². The van der Waals surface area contributed by atoms with Crippen molar-refractivity contribution in [2.75, 3.05) is 13.2 Å². The van der Waals surface area contributed by atoms with Gasteiger partial charge in [0.05, 0.1) is 24.4 Å². The van der Waals surface area contributed by atoms with Gasteiger partial charge < -0.3 is 14.2 Å². The molecule has 0 bridgehead atoms. The first kappa shape index (κ1) is 28.3. The van der Waals surface area contributed by atoms with Crippen LogP contribution in [0, 0.1) is 24.1 Å². The molecule has 1 aromatic heterocycles. The zero-order valence-corrected chi connectivity index (χ0v) is 22.0. The Labute approximate surface area is 224 Å². The van der Waals surface area contributed by atoms with Crippen LogP contribution < -0.4 is 4.74 Å². The average molecular weight is 536 g/mol. The largest absolute Gasteiger partial charge is 0.489 e. The molecule has 0 amide bonds. The van der Waals surface area contributed by atoms with Crippen molar-refractivity contribution in [1.29, 1.82) is 5.26 Å². The van der Waals surface area contributed by atoms with Gasteiger partial charge in [0.15, 0.2) is 5.78 Å². The van der Waals surface area contributed by atoms with E-state index in [9.17, 15) is 24.0 Å². The molecule has 0 N–H and O–H groups in total. The maximum absolute atomic E-state index is 13.8. The summed E-state index contributed by atoms with van der Waals surface area (Å²) in [5.41, 5.74) is 1.40. The van der Waals surface area contributed by atoms with Gasteiger partial charge in [-0.1, -0.05) is 30.3 Å². The van der Waals surface area contributed by atoms with Crippen molar-refractivity contribution in [2.24, 2.45) is 0 Å². The second-order valence-electron chi connectivity index (χ2n) is 8.01. The van der Waals surface area contributed by atoms with Crippen LogP contribution in [0.4, 0.5) is 4.39 Å². The minimum Gasteiger partial charge on any atom is -0.489 e. The molecular formula is C29H26FNO6S. The number of carbonyl (C=O) groups excluding carboxylic acids is 3. The molecule has 38 heavy (non-hydrogen) atoms. The number of carbonyl (C=O) groups is 3. The summed E-state index contributed by atoms with van der Waals surface area (Å²) in [6.45, 7) is 5.26. The molecule has 1 heterocycles. The lowest BCUT2D eigenvalue weighted by atomic mass is 10.0. The summed E-state index contributed by atoms with van der Waals surface area (Å²) in [7, 11) is 0. The molecule has 196 valence electrons. The Kier molecular flexibility index (Phi) is 9.91. The van der Waals surface area contributed by atoms with Crippen molar-refractivity contribution in [3.05, 3.63) is 91.9 Å². The summed E-state index contributed by atoms with van der Waals surface area (Å²) in [4.78, 5) is 38.5. The molecule has 7 nitrogen and oxygen atoms in total. The molecule has 0 aliphatic carbocycles. The number of esters is 2. The van der Waals surface area contributed by atoms with E-state index in [0.717, 1.165) is 11.3 Å². The number of hydrogen-bond donors (Lipinski definition) is 0.